The minimum Gasteiger partial charge on any atom is -0.338 e. The number of hydrogen-bond acceptors (Lipinski definition) is 4. The van der Waals surface area contributed by atoms with E-state index in [1.807, 2.05) is 11.9 Å². The van der Waals surface area contributed by atoms with E-state index < -0.39 is 4.92 Å². The molecule has 1 aliphatic heterocycles. The third-order valence-corrected chi connectivity index (χ3v) is 3.71. The molecule has 6 heteroatoms. The fourth-order valence-corrected chi connectivity index (χ4v) is 2.65. The first-order valence-corrected chi connectivity index (χ1v) is 6.72. The molecule has 1 fully saturated rings. The molecule has 1 saturated heterocycles. The van der Waals surface area contributed by atoms with E-state index in [0.29, 0.717) is 17.0 Å². The van der Waals surface area contributed by atoms with Crippen molar-refractivity contribution in [1.29, 1.82) is 0 Å². The summed E-state index contributed by atoms with van der Waals surface area (Å²) in [6.45, 7) is 4.06. The van der Waals surface area contributed by atoms with Crippen LogP contribution in [0.1, 0.15) is 22.3 Å². The van der Waals surface area contributed by atoms with E-state index in [4.69, 9.17) is 0 Å². The molecule has 1 heterocycles. The van der Waals surface area contributed by atoms with Crippen LogP contribution in [0.2, 0.25) is 0 Å². The molecule has 0 bridgehead atoms. The number of nitrogens with one attached hydrogen (secondary N) is 1. The molecule has 0 aromatic heterocycles. The van der Waals surface area contributed by atoms with E-state index in [2.05, 4.69) is 5.32 Å². The average molecular weight is 277 g/mol. The highest BCUT2D eigenvalue weighted by Crippen LogP contribution is 2.22. The molecule has 0 radical (unpaired) electrons. The monoisotopic (exact) mass is 277 g/mol. The van der Waals surface area contributed by atoms with Gasteiger partial charge in [-0.2, -0.15) is 0 Å². The Kier molecular flexibility index (Phi) is 4.34. The highest BCUT2D eigenvalue weighted by atomic mass is 16.6. The quantitative estimate of drug-likeness (QED) is 0.669. The van der Waals surface area contributed by atoms with E-state index >= 15 is 0 Å². The number of nitro benzene ring substituents is 1. The van der Waals surface area contributed by atoms with E-state index in [1.165, 1.54) is 6.07 Å². The Morgan fingerprint density at radius 2 is 2.30 bits per heavy atom. The molecular weight excluding hydrogens is 258 g/mol. The van der Waals surface area contributed by atoms with Crippen molar-refractivity contribution in [1.82, 2.24) is 10.2 Å². The van der Waals surface area contributed by atoms with Gasteiger partial charge >= 0.3 is 0 Å². The van der Waals surface area contributed by atoms with Crippen molar-refractivity contribution in [3.63, 3.8) is 0 Å². The SMILES string of the molecule is CNCC1CCN(C(=O)c2ccc([N+](=O)[O-])c(C)c2)C1. The molecule has 0 aliphatic carbocycles. The average Bonchev–Trinajstić information content (AvgIpc) is 2.86. The third-order valence-electron chi connectivity index (χ3n) is 3.71. The Hall–Kier alpha value is -1.95. The van der Waals surface area contributed by atoms with Gasteiger partial charge in [-0.05, 0) is 45.0 Å². The number of nitrogens with zero attached hydrogens (tertiary/aromatic N) is 2. The highest BCUT2D eigenvalue weighted by Gasteiger charge is 2.27. The maximum atomic E-state index is 12.4. The van der Waals surface area contributed by atoms with Gasteiger partial charge in [-0.25, -0.2) is 0 Å². The lowest BCUT2D eigenvalue weighted by Crippen LogP contribution is -2.30. The summed E-state index contributed by atoms with van der Waals surface area (Å²) in [6.07, 6.45) is 0.999. The Morgan fingerprint density at radius 3 is 2.90 bits per heavy atom. The van der Waals surface area contributed by atoms with Crippen LogP contribution >= 0.6 is 0 Å². The molecule has 1 unspecified atom stereocenters. The topological polar surface area (TPSA) is 75.5 Å². The molecule has 0 spiro atoms. The van der Waals surface area contributed by atoms with Crippen LogP contribution < -0.4 is 5.32 Å². The summed E-state index contributed by atoms with van der Waals surface area (Å²) in [5.74, 6) is 0.449. The van der Waals surface area contributed by atoms with Crippen LogP contribution in [0.3, 0.4) is 0 Å². The number of carbonyl (C=O) groups excluding carboxylic acids is 1. The Balaban J connectivity index is 2.10. The fraction of sp³-hybridized carbons (Fsp3) is 0.500. The summed E-state index contributed by atoms with van der Waals surface area (Å²) in [4.78, 5) is 24.5. The van der Waals surface area contributed by atoms with Crippen LogP contribution in [0, 0.1) is 23.0 Å². The summed E-state index contributed by atoms with van der Waals surface area (Å²) in [6, 6.07) is 4.55. The predicted octanol–water partition coefficient (Wildman–Crippen LogP) is 1.58. The summed E-state index contributed by atoms with van der Waals surface area (Å²) in [5, 5.41) is 13.9. The molecule has 20 heavy (non-hydrogen) atoms. The molecule has 108 valence electrons. The molecule has 1 aromatic rings. The first kappa shape index (κ1) is 14.5. The summed E-state index contributed by atoms with van der Waals surface area (Å²) < 4.78 is 0. The molecule has 1 aromatic carbocycles. The number of rotatable bonds is 4. The second-order valence-electron chi connectivity index (χ2n) is 5.22. The maximum Gasteiger partial charge on any atom is 0.272 e. The van der Waals surface area contributed by atoms with Gasteiger partial charge in [0, 0.05) is 30.3 Å². The molecule has 2 rings (SSSR count). The number of hydrogen-bond donors (Lipinski definition) is 1. The highest BCUT2D eigenvalue weighted by molar-refractivity contribution is 5.94. The van der Waals surface area contributed by atoms with Gasteiger partial charge in [0.15, 0.2) is 0 Å². The summed E-state index contributed by atoms with van der Waals surface area (Å²) in [7, 11) is 1.91. The van der Waals surface area contributed by atoms with Gasteiger partial charge in [0.2, 0.25) is 0 Å². The Labute approximate surface area is 117 Å². The number of aryl methyl sites for hydroxylation is 1. The smallest absolute Gasteiger partial charge is 0.272 e. The van der Waals surface area contributed by atoms with Crippen molar-refractivity contribution < 1.29 is 9.72 Å². The lowest BCUT2D eigenvalue weighted by molar-refractivity contribution is -0.385. The zero-order chi connectivity index (χ0) is 14.7. The van der Waals surface area contributed by atoms with Gasteiger partial charge in [0.05, 0.1) is 4.92 Å². The van der Waals surface area contributed by atoms with Gasteiger partial charge in [-0.15, -0.1) is 0 Å². The second kappa shape index (κ2) is 6.00. The van der Waals surface area contributed by atoms with Crippen LogP contribution in [0.25, 0.3) is 0 Å². The fourth-order valence-electron chi connectivity index (χ4n) is 2.65. The molecular formula is C14H19N3O3. The van der Waals surface area contributed by atoms with Crippen molar-refractivity contribution in [2.75, 3.05) is 26.7 Å². The summed E-state index contributed by atoms with van der Waals surface area (Å²) >= 11 is 0. The molecule has 6 nitrogen and oxygen atoms in total. The van der Waals surface area contributed by atoms with Crippen molar-refractivity contribution in [3.8, 4) is 0 Å². The van der Waals surface area contributed by atoms with Gasteiger partial charge in [-0.1, -0.05) is 0 Å². The summed E-state index contributed by atoms with van der Waals surface area (Å²) in [5.41, 5.74) is 1.10. The van der Waals surface area contributed by atoms with E-state index in [9.17, 15) is 14.9 Å². The number of benzene rings is 1. The van der Waals surface area contributed by atoms with Gasteiger partial charge in [-0.3, -0.25) is 14.9 Å². The van der Waals surface area contributed by atoms with Crippen molar-refractivity contribution in [3.05, 3.63) is 39.4 Å². The number of nitro groups is 1. The van der Waals surface area contributed by atoms with Crippen LogP contribution in [0.4, 0.5) is 5.69 Å². The van der Waals surface area contributed by atoms with Gasteiger partial charge < -0.3 is 10.2 Å². The van der Waals surface area contributed by atoms with Crippen LogP contribution in [0.5, 0.6) is 0 Å². The van der Waals surface area contributed by atoms with Crippen LogP contribution in [0.15, 0.2) is 18.2 Å². The molecule has 1 N–H and O–H groups in total. The zero-order valence-electron chi connectivity index (χ0n) is 11.8. The number of amides is 1. The first-order valence-electron chi connectivity index (χ1n) is 6.72. The third kappa shape index (κ3) is 2.96. The van der Waals surface area contributed by atoms with E-state index in [1.54, 1.807) is 19.1 Å². The van der Waals surface area contributed by atoms with Crippen molar-refractivity contribution in [2.24, 2.45) is 5.92 Å². The van der Waals surface area contributed by atoms with Gasteiger partial charge in [0.1, 0.15) is 0 Å². The molecule has 1 aliphatic rings. The zero-order valence-corrected chi connectivity index (χ0v) is 11.8. The second-order valence-corrected chi connectivity index (χ2v) is 5.22. The Morgan fingerprint density at radius 1 is 1.55 bits per heavy atom. The molecule has 0 saturated carbocycles. The first-order chi connectivity index (χ1) is 9.52. The van der Waals surface area contributed by atoms with Crippen molar-refractivity contribution in [2.45, 2.75) is 13.3 Å². The lowest BCUT2D eigenvalue weighted by atomic mass is 10.1. The normalized spacial score (nSPS) is 18.3. The van der Waals surface area contributed by atoms with Crippen molar-refractivity contribution >= 4 is 11.6 Å². The van der Waals surface area contributed by atoms with Gasteiger partial charge in [0.25, 0.3) is 11.6 Å². The molecule has 1 atom stereocenters. The minimum absolute atomic E-state index is 0.0402. The minimum atomic E-state index is -0.428. The predicted molar refractivity (Wildman–Crippen MR) is 75.8 cm³/mol. The maximum absolute atomic E-state index is 12.4. The van der Waals surface area contributed by atoms with Crippen LogP contribution in [-0.2, 0) is 0 Å². The van der Waals surface area contributed by atoms with E-state index in [0.717, 1.165) is 26.1 Å². The lowest BCUT2D eigenvalue weighted by Gasteiger charge is -2.17. The number of carbonyl (C=O) groups is 1. The van der Waals surface area contributed by atoms with Crippen LogP contribution in [-0.4, -0.2) is 42.4 Å². The van der Waals surface area contributed by atoms with E-state index in [-0.39, 0.29) is 11.6 Å². The molecule has 1 amide bonds. The standard InChI is InChI=1S/C14H19N3O3/c1-10-7-12(3-4-13(10)17(19)20)14(18)16-6-5-11(9-16)8-15-2/h3-4,7,11,15H,5-6,8-9H2,1-2H3. The number of likely N-dealkylation sites (tertiary alicyclic amines) is 1. The largest absolute Gasteiger partial charge is 0.338 e. The Bertz CT molecular complexity index is 530.